The van der Waals surface area contributed by atoms with Crippen LogP contribution in [0.25, 0.3) is 0 Å². The molecule has 0 radical (unpaired) electrons. The molecule has 1 aliphatic rings. The Labute approximate surface area is 213 Å². The summed E-state index contributed by atoms with van der Waals surface area (Å²) in [5.74, 6) is 0.372. The summed E-state index contributed by atoms with van der Waals surface area (Å²) in [6, 6.07) is 24.1. The second-order valence-corrected chi connectivity index (χ2v) is 11.5. The third-order valence-corrected chi connectivity index (χ3v) is 8.76. The second-order valence-electron chi connectivity index (χ2n) is 9.17. The van der Waals surface area contributed by atoms with Gasteiger partial charge < -0.3 is 4.90 Å². The summed E-state index contributed by atoms with van der Waals surface area (Å²) in [5.41, 5.74) is 3.17. The Balaban J connectivity index is 1.47. The number of carbonyl (C=O) groups excluding carboxylic acids is 1. The summed E-state index contributed by atoms with van der Waals surface area (Å²) >= 11 is 5.97. The maximum absolute atomic E-state index is 13.5. The van der Waals surface area contributed by atoms with Crippen molar-refractivity contribution in [3.8, 4) is 0 Å². The van der Waals surface area contributed by atoms with Crippen LogP contribution in [0.15, 0.2) is 83.8 Å². The van der Waals surface area contributed by atoms with Crippen LogP contribution in [-0.4, -0.2) is 43.2 Å². The molecular weight excluding hydrogens is 480 g/mol. The van der Waals surface area contributed by atoms with Crippen molar-refractivity contribution in [1.29, 1.82) is 0 Å². The first-order chi connectivity index (χ1) is 16.8. The Hall–Kier alpha value is -2.67. The highest BCUT2D eigenvalue weighted by Crippen LogP contribution is 2.24. The second kappa shape index (κ2) is 11.4. The van der Waals surface area contributed by atoms with Crippen LogP contribution in [0.2, 0.25) is 5.02 Å². The highest BCUT2D eigenvalue weighted by atomic mass is 35.5. The molecule has 184 valence electrons. The molecule has 0 saturated carbocycles. The number of piperidine rings is 1. The summed E-state index contributed by atoms with van der Waals surface area (Å²) in [5, 5.41) is 0.462. The van der Waals surface area contributed by atoms with E-state index in [1.807, 2.05) is 42.2 Å². The standard InChI is InChI=1S/C28H31ClN2O3S/c1-22-7-5-6-10-25(22)20-31(35(33,34)27-13-11-26(29)12-14-27)21-28(32)30-17-15-24(16-18-30)19-23-8-3-2-4-9-23/h2-14,24H,15-21H2,1H3. The number of hydrogen-bond acceptors (Lipinski definition) is 3. The van der Waals surface area contributed by atoms with E-state index in [2.05, 4.69) is 24.3 Å². The fourth-order valence-corrected chi connectivity index (χ4v) is 6.04. The topological polar surface area (TPSA) is 57.7 Å². The van der Waals surface area contributed by atoms with Gasteiger partial charge in [-0.1, -0.05) is 66.2 Å². The van der Waals surface area contributed by atoms with Crippen LogP contribution in [0.4, 0.5) is 0 Å². The minimum Gasteiger partial charge on any atom is -0.342 e. The number of sulfonamides is 1. The molecule has 0 atom stereocenters. The van der Waals surface area contributed by atoms with Gasteiger partial charge in [-0.05, 0) is 73.1 Å². The van der Waals surface area contributed by atoms with Crippen molar-refractivity contribution in [2.45, 2.75) is 37.6 Å². The van der Waals surface area contributed by atoms with E-state index in [1.165, 1.54) is 22.0 Å². The van der Waals surface area contributed by atoms with Crippen LogP contribution < -0.4 is 0 Å². The number of aryl methyl sites for hydroxylation is 1. The van der Waals surface area contributed by atoms with Crippen molar-refractivity contribution in [2.24, 2.45) is 5.92 Å². The quantitative estimate of drug-likeness (QED) is 0.412. The molecule has 0 aliphatic carbocycles. The predicted octanol–water partition coefficient (Wildman–Crippen LogP) is 5.32. The lowest BCUT2D eigenvalue weighted by atomic mass is 9.90. The van der Waals surface area contributed by atoms with Crippen molar-refractivity contribution in [2.75, 3.05) is 19.6 Å². The Morgan fingerprint density at radius 3 is 2.23 bits per heavy atom. The maximum atomic E-state index is 13.5. The molecule has 1 fully saturated rings. The molecule has 5 nitrogen and oxygen atoms in total. The fraction of sp³-hybridized carbons (Fsp3) is 0.321. The monoisotopic (exact) mass is 510 g/mol. The highest BCUT2D eigenvalue weighted by molar-refractivity contribution is 7.89. The number of nitrogens with zero attached hydrogens (tertiary/aromatic N) is 2. The fourth-order valence-electron chi connectivity index (χ4n) is 4.54. The third-order valence-electron chi connectivity index (χ3n) is 6.71. The van der Waals surface area contributed by atoms with Gasteiger partial charge in [0.2, 0.25) is 15.9 Å². The molecule has 1 saturated heterocycles. The van der Waals surface area contributed by atoms with E-state index in [9.17, 15) is 13.2 Å². The van der Waals surface area contributed by atoms with Crippen LogP contribution in [0, 0.1) is 12.8 Å². The summed E-state index contributed by atoms with van der Waals surface area (Å²) in [6.45, 7) is 3.18. The Morgan fingerprint density at radius 1 is 0.943 bits per heavy atom. The molecule has 0 unspecified atom stereocenters. The minimum absolute atomic E-state index is 0.129. The third kappa shape index (κ3) is 6.51. The largest absolute Gasteiger partial charge is 0.342 e. The molecule has 3 aromatic carbocycles. The van der Waals surface area contributed by atoms with Gasteiger partial charge in [0.1, 0.15) is 0 Å². The number of benzene rings is 3. The van der Waals surface area contributed by atoms with E-state index in [0.29, 0.717) is 24.0 Å². The summed E-state index contributed by atoms with van der Waals surface area (Å²) in [4.78, 5) is 15.2. The lowest BCUT2D eigenvalue weighted by Crippen LogP contribution is -2.45. The Kier molecular flexibility index (Phi) is 8.26. The number of amides is 1. The van der Waals surface area contributed by atoms with Gasteiger partial charge in [0.05, 0.1) is 11.4 Å². The molecule has 1 aliphatic heterocycles. The van der Waals surface area contributed by atoms with Crippen molar-refractivity contribution in [1.82, 2.24) is 9.21 Å². The van der Waals surface area contributed by atoms with Gasteiger partial charge >= 0.3 is 0 Å². The zero-order chi connectivity index (χ0) is 24.8. The van der Waals surface area contributed by atoms with Gasteiger partial charge in [-0.15, -0.1) is 0 Å². The number of carbonyl (C=O) groups is 1. The summed E-state index contributed by atoms with van der Waals surface area (Å²) < 4.78 is 28.4. The smallest absolute Gasteiger partial charge is 0.243 e. The Morgan fingerprint density at radius 2 is 1.57 bits per heavy atom. The summed E-state index contributed by atoms with van der Waals surface area (Å²) in [6.07, 6.45) is 2.85. The van der Waals surface area contributed by atoms with Crippen LogP contribution >= 0.6 is 11.6 Å². The minimum atomic E-state index is -3.89. The normalized spacial score (nSPS) is 14.9. The van der Waals surface area contributed by atoms with E-state index in [4.69, 9.17) is 11.6 Å². The molecule has 35 heavy (non-hydrogen) atoms. The predicted molar refractivity (Wildman–Crippen MR) is 140 cm³/mol. The van der Waals surface area contributed by atoms with Gasteiger partial charge in [-0.3, -0.25) is 4.79 Å². The number of halogens is 1. The lowest BCUT2D eigenvalue weighted by molar-refractivity contribution is -0.132. The van der Waals surface area contributed by atoms with Gasteiger partial charge in [0.15, 0.2) is 0 Å². The molecule has 3 aromatic rings. The average molecular weight is 511 g/mol. The number of hydrogen-bond donors (Lipinski definition) is 0. The van der Waals surface area contributed by atoms with Crippen molar-refractivity contribution in [3.63, 3.8) is 0 Å². The first kappa shape index (κ1) is 25.4. The molecule has 7 heteroatoms. The highest BCUT2D eigenvalue weighted by Gasteiger charge is 2.30. The van der Waals surface area contributed by atoms with Gasteiger partial charge in [-0.25, -0.2) is 8.42 Å². The maximum Gasteiger partial charge on any atom is 0.243 e. The van der Waals surface area contributed by atoms with E-state index >= 15 is 0 Å². The number of likely N-dealkylation sites (tertiary alicyclic amines) is 1. The van der Waals surface area contributed by atoms with Crippen LogP contribution in [0.3, 0.4) is 0 Å². The zero-order valence-corrected chi connectivity index (χ0v) is 21.5. The Bertz CT molecular complexity index is 1240. The molecule has 4 rings (SSSR count). The van der Waals surface area contributed by atoms with Gasteiger partial charge in [0.25, 0.3) is 0 Å². The molecule has 1 amide bonds. The van der Waals surface area contributed by atoms with Crippen molar-refractivity contribution in [3.05, 3.63) is 101 Å². The molecule has 0 aromatic heterocycles. The molecule has 1 heterocycles. The zero-order valence-electron chi connectivity index (χ0n) is 19.9. The molecule has 0 spiro atoms. The molecule has 0 bridgehead atoms. The summed E-state index contributed by atoms with van der Waals surface area (Å²) in [7, 11) is -3.89. The van der Waals surface area contributed by atoms with E-state index < -0.39 is 10.0 Å². The molecule has 0 N–H and O–H groups in total. The van der Waals surface area contributed by atoms with Crippen molar-refractivity contribution < 1.29 is 13.2 Å². The number of rotatable bonds is 8. The van der Waals surface area contributed by atoms with Crippen LogP contribution in [-0.2, 0) is 27.8 Å². The van der Waals surface area contributed by atoms with E-state index in [-0.39, 0.29) is 23.9 Å². The van der Waals surface area contributed by atoms with Gasteiger partial charge in [0, 0.05) is 24.7 Å². The lowest BCUT2D eigenvalue weighted by Gasteiger charge is -2.33. The first-order valence-corrected chi connectivity index (χ1v) is 13.8. The van der Waals surface area contributed by atoms with Crippen LogP contribution in [0.5, 0.6) is 0 Å². The van der Waals surface area contributed by atoms with Crippen LogP contribution in [0.1, 0.15) is 29.5 Å². The van der Waals surface area contributed by atoms with Crippen molar-refractivity contribution >= 4 is 27.5 Å². The first-order valence-electron chi connectivity index (χ1n) is 11.9. The SMILES string of the molecule is Cc1ccccc1CN(CC(=O)N1CCC(Cc2ccccc2)CC1)S(=O)(=O)c1ccc(Cl)cc1. The van der Waals surface area contributed by atoms with E-state index in [1.54, 1.807) is 12.1 Å². The van der Waals surface area contributed by atoms with E-state index in [0.717, 1.165) is 30.4 Å². The van der Waals surface area contributed by atoms with Gasteiger partial charge in [-0.2, -0.15) is 4.31 Å². The molecular formula is C28H31ClN2O3S. The average Bonchev–Trinajstić information content (AvgIpc) is 2.86.